The predicted octanol–water partition coefficient (Wildman–Crippen LogP) is 1.30. The van der Waals surface area contributed by atoms with E-state index in [0.29, 0.717) is 17.2 Å². The summed E-state index contributed by atoms with van der Waals surface area (Å²) >= 11 is 0. The Morgan fingerprint density at radius 2 is 1.88 bits per heavy atom. The molecule has 1 heterocycles. The van der Waals surface area contributed by atoms with Crippen molar-refractivity contribution in [2.45, 2.75) is 26.3 Å². The van der Waals surface area contributed by atoms with Crippen molar-refractivity contribution < 1.29 is 0 Å². The Morgan fingerprint density at radius 3 is 2.53 bits per heavy atom. The smallest absolute Gasteiger partial charge is 0.182 e. The molecule has 0 unspecified atom stereocenters. The van der Waals surface area contributed by atoms with Crippen molar-refractivity contribution in [2.75, 3.05) is 11.5 Å². The average molecular weight is 232 g/mol. The van der Waals surface area contributed by atoms with Gasteiger partial charge in [0.15, 0.2) is 5.82 Å². The van der Waals surface area contributed by atoms with Gasteiger partial charge in [0.2, 0.25) is 0 Å². The average Bonchev–Trinajstić information content (AvgIpc) is 2.73. The molecule has 0 saturated heterocycles. The second-order valence-electron chi connectivity index (χ2n) is 3.97. The summed E-state index contributed by atoms with van der Waals surface area (Å²) in [5.41, 5.74) is 13.6. The summed E-state index contributed by atoms with van der Waals surface area (Å²) in [5, 5.41) is 11.7. The fourth-order valence-corrected chi connectivity index (χ4v) is 1.68. The number of anilines is 2. The zero-order valence-electron chi connectivity index (χ0n) is 9.80. The monoisotopic (exact) mass is 232 g/mol. The third kappa shape index (κ3) is 2.52. The van der Waals surface area contributed by atoms with E-state index in [1.54, 1.807) is 10.7 Å². The Bertz CT molecular complexity index is 484. The molecule has 0 radical (unpaired) electrons. The number of aryl methyl sites for hydroxylation is 1. The Morgan fingerprint density at radius 1 is 1.18 bits per heavy atom. The molecule has 0 spiro atoms. The van der Waals surface area contributed by atoms with Crippen LogP contribution in [0.5, 0.6) is 0 Å². The third-order valence-corrected chi connectivity index (χ3v) is 2.49. The maximum Gasteiger partial charge on any atom is 0.182 e. The number of aromatic nitrogens is 4. The first-order valence-corrected chi connectivity index (χ1v) is 5.63. The van der Waals surface area contributed by atoms with E-state index in [2.05, 4.69) is 22.4 Å². The van der Waals surface area contributed by atoms with Gasteiger partial charge in [0.1, 0.15) is 0 Å². The van der Waals surface area contributed by atoms with E-state index in [0.717, 1.165) is 24.9 Å². The number of unbranched alkanes of at least 4 members (excludes halogenated alkanes) is 1. The van der Waals surface area contributed by atoms with Crippen LogP contribution in [0.4, 0.5) is 11.4 Å². The van der Waals surface area contributed by atoms with Crippen LogP contribution in [0.2, 0.25) is 0 Å². The Kier molecular flexibility index (Phi) is 3.22. The van der Waals surface area contributed by atoms with E-state index in [1.165, 1.54) is 0 Å². The van der Waals surface area contributed by atoms with E-state index in [-0.39, 0.29) is 0 Å². The van der Waals surface area contributed by atoms with Gasteiger partial charge < -0.3 is 11.5 Å². The van der Waals surface area contributed by atoms with Gasteiger partial charge in [-0.25, -0.2) is 4.68 Å². The second kappa shape index (κ2) is 4.82. The summed E-state index contributed by atoms with van der Waals surface area (Å²) in [6.45, 7) is 2.93. The highest BCUT2D eigenvalue weighted by Gasteiger charge is 2.09. The molecule has 2 aromatic rings. The zero-order chi connectivity index (χ0) is 12.3. The largest absolute Gasteiger partial charge is 0.399 e. The van der Waals surface area contributed by atoms with Crippen LogP contribution >= 0.6 is 0 Å². The van der Waals surface area contributed by atoms with Crippen molar-refractivity contribution in [3.05, 3.63) is 18.2 Å². The van der Waals surface area contributed by atoms with Crippen LogP contribution in [0, 0.1) is 0 Å². The van der Waals surface area contributed by atoms with E-state index in [4.69, 9.17) is 11.5 Å². The molecule has 0 bridgehead atoms. The van der Waals surface area contributed by atoms with Crippen LogP contribution in [-0.2, 0) is 6.54 Å². The topological polar surface area (TPSA) is 95.6 Å². The van der Waals surface area contributed by atoms with Gasteiger partial charge in [0.05, 0.1) is 0 Å². The van der Waals surface area contributed by atoms with Crippen LogP contribution in [0.1, 0.15) is 19.8 Å². The first-order valence-electron chi connectivity index (χ1n) is 5.63. The van der Waals surface area contributed by atoms with Crippen molar-refractivity contribution in [3.8, 4) is 11.4 Å². The Balaban J connectivity index is 2.35. The maximum absolute atomic E-state index is 5.76. The summed E-state index contributed by atoms with van der Waals surface area (Å²) in [6, 6.07) is 5.36. The van der Waals surface area contributed by atoms with Gasteiger partial charge in [-0.1, -0.05) is 13.3 Å². The Hall–Kier alpha value is -2.11. The number of hydrogen-bond donors (Lipinski definition) is 2. The van der Waals surface area contributed by atoms with Crippen molar-refractivity contribution >= 4 is 11.4 Å². The highest BCUT2D eigenvalue weighted by Crippen LogP contribution is 2.22. The lowest BCUT2D eigenvalue weighted by atomic mass is 10.1. The van der Waals surface area contributed by atoms with E-state index >= 15 is 0 Å². The van der Waals surface area contributed by atoms with Crippen molar-refractivity contribution in [2.24, 2.45) is 0 Å². The highest BCUT2D eigenvalue weighted by atomic mass is 15.5. The van der Waals surface area contributed by atoms with Gasteiger partial charge in [-0.3, -0.25) is 0 Å². The number of benzene rings is 1. The van der Waals surface area contributed by atoms with Gasteiger partial charge >= 0.3 is 0 Å². The number of tetrazole rings is 1. The molecule has 0 aliphatic heterocycles. The van der Waals surface area contributed by atoms with Crippen LogP contribution < -0.4 is 11.5 Å². The number of rotatable bonds is 4. The molecule has 6 heteroatoms. The first-order chi connectivity index (χ1) is 8.20. The van der Waals surface area contributed by atoms with Crippen molar-refractivity contribution in [1.82, 2.24) is 20.2 Å². The number of hydrogen-bond acceptors (Lipinski definition) is 5. The van der Waals surface area contributed by atoms with E-state index in [9.17, 15) is 0 Å². The number of nitrogen functional groups attached to an aromatic ring is 2. The molecule has 0 aliphatic carbocycles. The van der Waals surface area contributed by atoms with Gasteiger partial charge in [-0.05, 0) is 35.0 Å². The minimum Gasteiger partial charge on any atom is -0.399 e. The van der Waals surface area contributed by atoms with Crippen molar-refractivity contribution in [1.29, 1.82) is 0 Å². The fraction of sp³-hybridized carbons (Fsp3) is 0.364. The van der Waals surface area contributed by atoms with Gasteiger partial charge in [-0.2, -0.15) is 0 Å². The molecular weight excluding hydrogens is 216 g/mol. The summed E-state index contributed by atoms with van der Waals surface area (Å²) in [6.07, 6.45) is 2.13. The zero-order valence-corrected chi connectivity index (χ0v) is 9.80. The molecule has 17 heavy (non-hydrogen) atoms. The molecule has 6 nitrogen and oxygen atoms in total. The van der Waals surface area contributed by atoms with E-state index < -0.39 is 0 Å². The first kappa shape index (κ1) is 11.4. The second-order valence-corrected chi connectivity index (χ2v) is 3.97. The molecule has 1 aromatic carbocycles. The van der Waals surface area contributed by atoms with Gasteiger partial charge in [0, 0.05) is 23.5 Å². The summed E-state index contributed by atoms with van der Waals surface area (Å²) in [5.74, 6) is 0.706. The third-order valence-electron chi connectivity index (χ3n) is 2.49. The van der Waals surface area contributed by atoms with Crippen LogP contribution in [0.3, 0.4) is 0 Å². The standard InChI is InChI=1S/C11H16N6/c1-2-3-4-17-11(14-15-16-17)8-5-9(12)7-10(13)6-8/h5-7H,2-4,12-13H2,1H3. The normalized spacial score (nSPS) is 10.6. The van der Waals surface area contributed by atoms with Gasteiger partial charge in [-0.15, -0.1) is 5.10 Å². The van der Waals surface area contributed by atoms with Crippen LogP contribution in [-0.4, -0.2) is 20.2 Å². The van der Waals surface area contributed by atoms with Crippen LogP contribution in [0.15, 0.2) is 18.2 Å². The summed E-state index contributed by atoms with van der Waals surface area (Å²) in [7, 11) is 0. The summed E-state index contributed by atoms with van der Waals surface area (Å²) in [4.78, 5) is 0. The minimum atomic E-state index is 0.616. The SMILES string of the molecule is CCCCn1nnnc1-c1cc(N)cc(N)c1. The minimum absolute atomic E-state index is 0.616. The lowest BCUT2D eigenvalue weighted by Crippen LogP contribution is -2.03. The molecule has 0 fully saturated rings. The molecule has 0 amide bonds. The molecule has 0 atom stereocenters. The number of nitrogens with zero attached hydrogens (tertiary/aromatic N) is 4. The lowest BCUT2D eigenvalue weighted by Gasteiger charge is -2.05. The van der Waals surface area contributed by atoms with Crippen LogP contribution in [0.25, 0.3) is 11.4 Å². The molecule has 1 aromatic heterocycles. The predicted molar refractivity (Wildman–Crippen MR) is 67.0 cm³/mol. The highest BCUT2D eigenvalue weighted by molar-refractivity contribution is 5.67. The lowest BCUT2D eigenvalue weighted by molar-refractivity contribution is 0.557. The molecule has 2 rings (SSSR count). The molecule has 4 N–H and O–H groups in total. The fourth-order valence-electron chi connectivity index (χ4n) is 1.68. The van der Waals surface area contributed by atoms with E-state index in [1.807, 2.05) is 12.1 Å². The molecule has 0 aliphatic rings. The number of nitrogens with two attached hydrogens (primary N) is 2. The van der Waals surface area contributed by atoms with Gasteiger partial charge in [0.25, 0.3) is 0 Å². The van der Waals surface area contributed by atoms with Crippen molar-refractivity contribution in [3.63, 3.8) is 0 Å². The molecule has 0 saturated carbocycles. The molecule has 90 valence electrons. The molecular formula is C11H16N6. The quantitative estimate of drug-likeness (QED) is 0.775. The summed E-state index contributed by atoms with van der Waals surface area (Å²) < 4.78 is 1.78. The maximum atomic E-state index is 5.76. The Labute approximate surface area is 99.6 Å².